The number of rotatable bonds is 1. The van der Waals surface area contributed by atoms with Crippen molar-refractivity contribution in [3.63, 3.8) is 0 Å². The first kappa shape index (κ1) is 10.7. The van der Waals surface area contributed by atoms with Gasteiger partial charge in [-0.2, -0.15) is 15.4 Å². The van der Waals surface area contributed by atoms with Gasteiger partial charge in [0.1, 0.15) is 0 Å². The van der Waals surface area contributed by atoms with Gasteiger partial charge in [0, 0.05) is 12.6 Å². The van der Waals surface area contributed by atoms with Gasteiger partial charge in [0.15, 0.2) is 5.69 Å². The van der Waals surface area contributed by atoms with Crippen LogP contribution in [0.2, 0.25) is 0 Å². The summed E-state index contributed by atoms with van der Waals surface area (Å²) in [6.07, 6.45) is 8.96. The SMILES string of the molecule is O=C(c1cn[nH]n1)N1CCC[C@H]2CCCC[C@H]21. The van der Waals surface area contributed by atoms with Gasteiger partial charge in [0.2, 0.25) is 0 Å². The van der Waals surface area contributed by atoms with E-state index in [9.17, 15) is 4.79 Å². The highest BCUT2D eigenvalue weighted by molar-refractivity contribution is 5.92. The Hall–Kier alpha value is -1.39. The van der Waals surface area contributed by atoms with E-state index < -0.39 is 0 Å². The molecule has 1 saturated heterocycles. The number of nitrogens with one attached hydrogen (secondary N) is 1. The zero-order valence-corrected chi connectivity index (χ0v) is 9.93. The van der Waals surface area contributed by atoms with E-state index in [4.69, 9.17) is 0 Å². The van der Waals surface area contributed by atoms with Crippen molar-refractivity contribution in [1.29, 1.82) is 0 Å². The molecule has 0 radical (unpaired) electrons. The highest BCUT2D eigenvalue weighted by Gasteiger charge is 2.36. The number of hydrogen-bond acceptors (Lipinski definition) is 3. The van der Waals surface area contributed by atoms with Crippen molar-refractivity contribution < 1.29 is 4.79 Å². The normalized spacial score (nSPS) is 28.8. The average molecular weight is 234 g/mol. The zero-order valence-electron chi connectivity index (χ0n) is 9.93. The summed E-state index contributed by atoms with van der Waals surface area (Å²) in [4.78, 5) is 14.4. The Morgan fingerprint density at radius 3 is 2.94 bits per heavy atom. The number of aromatic nitrogens is 3. The molecule has 0 unspecified atom stereocenters. The van der Waals surface area contributed by atoms with Crippen LogP contribution in [0, 0.1) is 5.92 Å². The monoisotopic (exact) mass is 234 g/mol. The Morgan fingerprint density at radius 1 is 1.29 bits per heavy atom. The first-order valence-corrected chi connectivity index (χ1v) is 6.53. The van der Waals surface area contributed by atoms with Crippen LogP contribution in [0.4, 0.5) is 0 Å². The van der Waals surface area contributed by atoms with E-state index >= 15 is 0 Å². The Kier molecular flexibility index (Phi) is 2.82. The number of fused-ring (bicyclic) bond motifs is 1. The number of amides is 1. The summed E-state index contributed by atoms with van der Waals surface area (Å²) in [7, 11) is 0. The minimum atomic E-state index is 0.0513. The van der Waals surface area contributed by atoms with E-state index in [1.54, 1.807) is 0 Å². The molecule has 1 N–H and O–H groups in total. The lowest BCUT2D eigenvalue weighted by atomic mass is 9.78. The predicted octanol–water partition coefficient (Wildman–Crippen LogP) is 1.60. The molecule has 1 aliphatic heterocycles. The molecular formula is C12H18N4O. The van der Waals surface area contributed by atoms with Crippen molar-refractivity contribution >= 4 is 5.91 Å². The standard InChI is InChI=1S/C12H18N4O/c17-12(10-8-13-15-14-10)16-7-3-5-9-4-1-2-6-11(9)16/h8-9,11H,1-7H2,(H,13,14,15)/t9-,11-/m1/s1. The van der Waals surface area contributed by atoms with Crippen LogP contribution in [0.25, 0.3) is 0 Å². The van der Waals surface area contributed by atoms with E-state index in [1.807, 2.05) is 4.90 Å². The molecule has 2 aliphatic rings. The number of H-pyrrole nitrogens is 1. The molecule has 1 amide bonds. The van der Waals surface area contributed by atoms with Gasteiger partial charge in [-0.1, -0.05) is 12.8 Å². The van der Waals surface area contributed by atoms with Crippen molar-refractivity contribution in [3.05, 3.63) is 11.9 Å². The minimum absolute atomic E-state index is 0.0513. The van der Waals surface area contributed by atoms with Gasteiger partial charge in [-0.05, 0) is 31.6 Å². The Labute approximate surface area is 101 Å². The molecule has 0 aromatic carbocycles. The molecule has 5 heteroatoms. The van der Waals surface area contributed by atoms with Crippen LogP contribution in [0.5, 0.6) is 0 Å². The zero-order chi connectivity index (χ0) is 11.7. The lowest BCUT2D eigenvalue weighted by molar-refractivity contribution is 0.0385. The molecule has 3 rings (SSSR count). The highest BCUT2D eigenvalue weighted by atomic mass is 16.2. The van der Waals surface area contributed by atoms with Crippen LogP contribution >= 0.6 is 0 Å². The summed E-state index contributed by atoms with van der Waals surface area (Å²) in [5.41, 5.74) is 0.455. The van der Waals surface area contributed by atoms with Gasteiger partial charge in [0.25, 0.3) is 5.91 Å². The summed E-state index contributed by atoms with van der Waals surface area (Å²) in [5.74, 6) is 0.767. The highest BCUT2D eigenvalue weighted by Crippen LogP contribution is 2.35. The number of likely N-dealkylation sites (tertiary alicyclic amines) is 1. The van der Waals surface area contributed by atoms with Crippen molar-refractivity contribution in [1.82, 2.24) is 20.3 Å². The van der Waals surface area contributed by atoms with E-state index in [0.29, 0.717) is 17.7 Å². The first-order chi connectivity index (χ1) is 8.36. The van der Waals surface area contributed by atoms with E-state index in [-0.39, 0.29) is 5.91 Å². The van der Waals surface area contributed by atoms with Gasteiger partial charge in [-0.15, -0.1) is 0 Å². The second kappa shape index (κ2) is 4.47. The van der Waals surface area contributed by atoms with Crippen molar-refractivity contribution in [2.75, 3.05) is 6.54 Å². The van der Waals surface area contributed by atoms with Gasteiger partial charge >= 0.3 is 0 Å². The van der Waals surface area contributed by atoms with Crippen molar-refractivity contribution in [3.8, 4) is 0 Å². The van der Waals surface area contributed by atoms with Gasteiger partial charge in [0.05, 0.1) is 6.20 Å². The molecule has 1 saturated carbocycles. The van der Waals surface area contributed by atoms with Crippen molar-refractivity contribution in [2.45, 2.75) is 44.6 Å². The molecule has 1 aliphatic carbocycles. The predicted molar refractivity (Wildman–Crippen MR) is 62.4 cm³/mol. The summed E-state index contributed by atoms with van der Waals surface area (Å²) in [6.45, 7) is 0.882. The molecule has 2 heterocycles. The molecular weight excluding hydrogens is 216 g/mol. The fraction of sp³-hybridized carbons (Fsp3) is 0.750. The Balaban J connectivity index is 1.79. The third kappa shape index (κ3) is 1.94. The van der Waals surface area contributed by atoms with E-state index in [1.165, 1.54) is 31.9 Å². The summed E-state index contributed by atoms with van der Waals surface area (Å²) in [5, 5.41) is 10.1. The second-order valence-corrected chi connectivity index (χ2v) is 5.11. The molecule has 0 spiro atoms. The largest absolute Gasteiger partial charge is 0.334 e. The summed E-state index contributed by atoms with van der Waals surface area (Å²) >= 11 is 0. The van der Waals surface area contributed by atoms with Gasteiger partial charge in [-0.3, -0.25) is 4.79 Å². The Morgan fingerprint density at radius 2 is 2.12 bits per heavy atom. The number of piperidine rings is 1. The quantitative estimate of drug-likeness (QED) is 0.802. The van der Waals surface area contributed by atoms with Crippen LogP contribution in [0.15, 0.2) is 6.20 Å². The maximum atomic E-state index is 12.3. The van der Waals surface area contributed by atoms with Crippen LogP contribution in [-0.4, -0.2) is 38.8 Å². The second-order valence-electron chi connectivity index (χ2n) is 5.11. The van der Waals surface area contributed by atoms with Crippen molar-refractivity contribution in [2.24, 2.45) is 5.92 Å². The number of carbonyl (C=O) groups excluding carboxylic acids is 1. The third-order valence-electron chi connectivity index (χ3n) is 4.14. The summed E-state index contributed by atoms with van der Waals surface area (Å²) < 4.78 is 0. The number of carbonyl (C=O) groups is 1. The molecule has 1 aromatic heterocycles. The lowest BCUT2D eigenvalue weighted by Crippen LogP contribution is -2.49. The fourth-order valence-electron chi connectivity index (χ4n) is 3.33. The van der Waals surface area contributed by atoms with E-state index in [2.05, 4.69) is 15.4 Å². The van der Waals surface area contributed by atoms with Crippen LogP contribution in [-0.2, 0) is 0 Å². The molecule has 5 nitrogen and oxygen atoms in total. The van der Waals surface area contributed by atoms with E-state index in [0.717, 1.165) is 19.4 Å². The van der Waals surface area contributed by atoms with Gasteiger partial charge < -0.3 is 4.90 Å². The number of nitrogens with zero attached hydrogens (tertiary/aromatic N) is 3. The average Bonchev–Trinajstić information content (AvgIpc) is 2.91. The first-order valence-electron chi connectivity index (χ1n) is 6.53. The number of hydrogen-bond donors (Lipinski definition) is 1. The minimum Gasteiger partial charge on any atom is -0.334 e. The molecule has 0 bridgehead atoms. The maximum absolute atomic E-state index is 12.3. The van der Waals surface area contributed by atoms with Crippen LogP contribution in [0.1, 0.15) is 49.0 Å². The smallest absolute Gasteiger partial charge is 0.276 e. The number of aromatic amines is 1. The van der Waals surface area contributed by atoms with Crippen LogP contribution in [0.3, 0.4) is 0 Å². The van der Waals surface area contributed by atoms with Crippen LogP contribution < -0.4 is 0 Å². The molecule has 2 atom stereocenters. The molecule has 2 fully saturated rings. The molecule has 1 aromatic rings. The molecule has 92 valence electrons. The molecule has 17 heavy (non-hydrogen) atoms. The maximum Gasteiger partial charge on any atom is 0.276 e. The Bertz CT molecular complexity index is 387. The van der Waals surface area contributed by atoms with Gasteiger partial charge in [-0.25, -0.2) is 0 Å². The lowest BCUT2D eigenvalue weighted by Gasteiger charge is -2.43. The summed E-state index contributed by atoms with van der Waals surface area (Å²) in [6, 6.07) is 0.446. The third-order valence-corrected chi connectivity index (χ3v) is 4.14. The fourth-order valence-corrected chi connectivity index (χ4v) is 3.33. The topological polar surface area (TPSA) is 61.9 Å².